The van der Waals surface area contributed by atoms with E-state index < -0.39 is 0 Å². The van der Waals surface area contributed by atoms with Gasteiger partial charge in [-0.2, -0.15) is 5.26 Å². The van der Waals surface area contributed by atoms with Crippen molar-refractivity contribution in [1.82, 2.24) is 9.80 Å². The Balaban J connectivity index is 1.13. The molecule has 0 atom stereocenters. The van der Waals surface area contributed by atoms with Crippen molar-refractivity contribution in [3.63, 3.8) is 0 Å². The summed E-state index contributed by atoms with van der Waals surface area (Å²) >= 11 is 6.04. The Morgan fingerprint density at radius 1 is 1.06 bits per heavy atom. The second-order valence-corrected chi connectivity index (χ2v) is 10.5. The van der Waals surface area contributed by atoms with E-state index in [-0.39, 0.29) is 17.9 Å². The van der Waals surface area contributed by atoms with E-state index in [1.54, 1.807) is 18.2 Å². The van der Waals surface area contributed by atoms with Gasteiger partial charge in [0.2, 0.25) is 11.8 Å². The number of nitrogens with one attached hydrogen (secondary N) is 1. The van der Waals surface area contributed by atoms with E-state index in [2.05, 4.69) is 15.1 Å². The fourth-order valence-corrected chi connectivity index (χ4v) is 7.13. The van der Waals surface area contributed by atoms with E-state index in [0.29, 0.717) is 35.3 Å². The molecule has 6 nitrogen and oxygen atoms in total. The van der Waals surface area contributed by atoms with Gasteiger partial charge in [0.15, 0.2) is 0 Å². The minimum atomic E-state index is -0.110. The first kappa shape index (κ1) is 20.8. The number of nitriles is 1. The lowest BCUT2D eigenvalue weighted by Gasteiger charge is -2.57. The third-order valence-corrected chi connectivity index (χ3v) is 8.20. The highest BCUT2D eigenvalue weighted by Crippen LogP contribution is 2.60. The molecule has 1 saturated heterocycles. The van der Waals surface area contributed by atoms with Gasteiger partial charge in [-0.15, -0.1) is 0 Å². The van der Waals surface area contributed by atoms with E-state index in [1.807, 2.05) is 6.07 Å². The first-order valence-electron chi connectivity index (χ1n) is 11.5. The number of carbonyl (C=O) groups is 2. The molecule has 4 saturated carbocycles. The summed E-state index contributed by atoms with van der Waals surface area (Å²) in [6, 6.07) is 6.90. The average molecular weight is 441 g/mol. The average Bonchev–Trinajstić information content (AvgIpc) is 2.73. The third kappa shape index (κ3) is 4.06. The molecule has 1 aromatic carbocycles. The van der Waals surface area contributed by atoms with Crippen LogP contribution in [0.25, 0.3) is 0 Å². The van der Waals surface area contributed by atoms with Gasteiger partial charge in [-0.3, -0.25) is 14.5 Å². The second-order valence-electron chi connectivity index (χ2n) is 10.1. The van der Waals surface area contributed by atoms with Crippen LogP contribution >= 0.6 is 11.6 Å². The maximum Gasteiger partial charge on any atom is 0.238 e. The van der Waals surface area contributed by atoms with Crippen LogP contribution in [-0.2, 0) is 9.59 Å². The van der Waals surface area contributed by atoms with Crippen LogP contribution in [-0.4, -0.2) is 54.3 Å². The number of hydrogen-bond acceptors (Lipinski definition) is 4. The first-order valence-corrected chi connectivity index (χ1v) is 11.8. The number of nitrogens with zero attached hydrogens (tertiary/aromatic N) is 3. The molecule has 1 N–H and O–H groups in total. The van der Waals surface area contributed by atoms with Crippen molar-refractivity contribution in [3.05, 3.63) is 28.8 Å². The van der Waals surface area contributed by atoms with Crippen molar-refractivity contribution in [3.8, 4) is 6.07 Å². The number of rotatable bonds is 4. The van der Waals surface area contributed by atoms with E-state index in [9.17, 15) is 9.59 Å². The van der Waals surface area contributed by atoms with Crippen molar-refractivity contribution in [2.75, 3.05) is 38.0 Å². The van der Waals surface area contributed by atoms with Crippen LogP contribution in [0.2, 0.25) is 5.02 Å². The Morgan fingerprint density at radius 2 is 1.68 bits per heavy atom. The van der Waals surface area contributed by atoms with Crippen LogP contribution in [0.15, 0.2) is 18.2 Å². The van der Waals surface area contributed by atoms with Crippen LogP contribution in [0.3, 0.4) is 0 Å². The third-order valence-electron chi connectivity index (χ3n) is 7.89. The van der Waals surface area contributed by atoms with Crippen LogP contribution in [0, 0.1) is 34.5 Å². The molecule has 31 heavy (non-hydrogen) atoms. The quantitative estimate of drug-likeness (QED) is 0.777. The molecular formula is C24H29ClN4O2. The smallest absolute Gasteiger partial charge is 0.238 e. The maximum absolute atomic E-state index is 13.5. The molecule has 0 spiro atoms. The monoisotopic (exact) mass is 440 g/mol. The number of piperazine rings is 1. The Hall–Kier alpha value is -2.10. The predicted octanol–water partition coefficient (Wildman–Crippen LogP) is 3.51. The topological polar surface area (TPSA) is 76.4 Å². The van der Waals surface area contributed by atoms with Gasteiger partial charge >= 0.3 is 0 Å². The molecule has 2 amide bonds. The molecule has 0 aromatic heterocycles. The van der Waals surface area contributed by atoms with Gasteiger partial charge in [-0.1, -0.05) is 11.6 Å². The SMILES string of the molecule is N#Cc1ccc(NC(=O)CN2CCN(C(=O)C34CC5CC(CC(C5)C3)C4)CC2)cc1Cl. The number of amides is 2. The lowest BCUT2D eigenvalue weighted by atomic mass is 9.49. The summed E-state index contributed by atoms with van der Waals surface area (Å²) in [5, 5.41) is 12.1. The number of benzene rings is 1. The minimum absolute atomic E-state index is 0.0802. The van der Waals surface area contributed by atoms with Crippen LogP contribution < -0.4 is 5.32 Å². The van der Waals surface area contributed by atoms with Gasteiger partial charge in [-0.25, -0.2) is 0 Å². The van der Waals surface area contributed by atoms with Gasteiger partial charge in [-0.05, 0) is 74.5 Å². The largest absolute Gasteiger partial charge is 0.340 e. The maximum atomic E-state index is 13.5. The highest BCUT2D eigenvalue weighted by molar-refractivity contribution is 6.32. The summed E-state index contributed by atoms with van der Waals surface area (Å²) in [4.78, 5) is 30.1. The molecular weight excluding hydrogens is 412 g/mol. The van der Waals surface area contributed by atoms with E-state index in [1.165, 1.54) is 19.3 Å². The van der Waals surface area contributed by atoms with E-state index in [0.717, 1.165) is 50.1 Å². The molecule has 1 heterocycles. The highest BCUT2D eigenvalue weighted by Gasteiger charge is 2.55. The second kappa shape index (κ2) is 8.11. The van der Waals surface area contributed by atoms with Crippen LogP contribution in [0.1, 0.15) is 44.1 Å². The molecule has 4 aliphatic carbocycles. The molecule has 4 bridgehead atoms. The van der Waals surface area contributed by atoms with Crippen molar-refractivity contribution in [2.45, 2.75) is 38.5 Å². The van der Waals surface area contributed by atoms with Crippen molar-refractivity contribution >= 4 is 29.1 Å². The summed E-state index contributed by atoms with van der Waals surface area (Å²) in [6.45, 7) is 3.14. The van der Waals surface area contributed by atoms with Crippen LogP contribution in [0.4, 0.5) is 5.69 Å². The fraction of sp³-hybridized carbons (Fsp3) is 0.625. The Kier molecular flexibility index (Phi) is 5.44. The molecule has 7 heteroatoms. The zero-order chi connectivity index (χ0) is 21.6. The molecule has 0 radical (unpaired) electrons. The molecule has 5 fully saturated rings. The Labute approximate surface area is 188 Å². The molecule has 1 aliphatic heterocycles. The van der Waals surface area contributed by atoms with Crippen molar-refractivity contribution < 1.29 is 9.59 Å². The van der Waals surface area contributed by atoms with Gasteiger partial charge in [0.25, 0.3) is 0 Å². The number of halogens is 1. The fourth-order valence-electron chi connectivity index (χ4n) is 6.90. The molecule has 1 aromatic rings. The standard InChI is InChI=1S/C24H29ClN4O2/c25-21-10-20(2-1-19(21)14-26)27-22(30)15-28-3-5-29(6-4-28)23(31)24-11-16-7-17(12-24)9-18(8-16)13-24/h1-2,10,16-18H,3-9,11-13,15H2,(H,27,30). The molecule has 0 unspecified atom stereocenters. The summed E-state index contributed by atoms with van der Waals surface area (Å²) in [5.41, 5.74) is 0.896. The normalized spacial score (nSPS) is 32.0. The predicted molar refractivity (Wildman–Crippen MR) is 118 cm³/mol. The summed E-state index contributed by atoms with van der Waals surface area (Å²) in [5.74, 6) is 2.60. The summed E-state index contributed by atoms with van der Waals surface area (Å²) in [6.07, 6.45) is 7.36. The van der Waals surface area contributed by atoms with Crippen molar-refractivity contribution in [1.29, 1.82) is 5.26 Å². The summed E-state index contributed by atoms with van der Waals surface area (Å²) in [7, 11) is 0. The molecule has 5 aliphatic rings. The van der Waals surface area contributed by atoms with Gasteiger partial charge < -0.3 is 10.2 Å². The number of anilines is 1. The Morgan fingerprint density at radius 3 is 2.23 bits per heavy atom. The number of hydrogen-bond donors (Lipinski definition) is 1. The first-order chi connectivity index (χ1) is 14.9. The summed E-state index contributed by atoms with van der Waals surface area (Å²) < 4.78 is 0. The lowest BCUT2D eigenvalue weighted by Crippen LogP contribution is -2.58. The Bertz CT molecular complexity index is 897. The molecule has 164 valence electrons. The molecule has 6 rings (SSSR count). The highest BCUT2D eigenvalue weighted by atomic mass is 35.5. The van der Waals surface area contributed by atoms with Crippen LogP contribution in [0.5, 0.6) is 0 Å². The lowest BCUT2D eigenvalue weighted by molar-refractivity contribution is -0.159. The number of carbonyl (C=O) groups excluding carboxylic acids is 2. The van der Waals surface area contributed by atoms with E-state index in [4.69, 9.17) is 16.9 Å². The van der Waals surface area contributed by atoms with Gasteiger partial charge in [0.05, 0.1) is 22.5 Å². The minimum Gasteiger partial charge on any atom is -0.340 e. The zero-order valence-corrected chi connectivity index (χ0v) is 18.5. The van der Waals surface area contributed by atoms with E-state index >= 15 is 0 Å². The van der Waals surface area contributed by atoms with Crippen molar-refractivity contribution in [2.24, 2.45) is 23.2 Å². The zero-order valence-electron chi connectivity index (χ0n) is 17.8. The van der Waals surface area contributed by atoms with Gasteiger partial charge in [0, 0.05) is 31.9 Å². The van der Waals surface area contributed by atoms with Gasteiger partial charge in [0.1, 0.15) is 6.07 Å².